The van der Waals surface area contributed by atoms with Gasteiger partial charge in [-0.25, -0.2) is 9.07 Å². The molecule has 0 atom stereocenters. The summed E-state index contributed by atoms with van der Waals surface area (Å²) in [6.07, 6.45) is 1.64. The van der Waals surface area contributed by atoms with Crippen LogP contribution < -0.4 is 10.1 Å². The number of aryl methyl sites for hydroxylation is 1. The van der Waals surface area contributed by atoms with Crippen molar-refractivity contribution < 1.29 is 13.9 Å². The number of nitrogens with zero attached hydrogens (tertiary/aromatic N) is 4. The lowest BCUT2D eigenvalue weighted by molar-refractivity contribution is 0.102. The van der Waals surface area contributed by atoms with Crippen LogP contribution in [-0.4, -0.2) is 25.5 Å². The number of ether oxygens (including phenoxy) is 1. The van der Waals surface area contributed by atoms with Gasteiger partial charge in [-0.1, -0.05) is 35.3 Å². The largest absolute Gasteiger partial charge is 0.471 e. The van der Waals surface area contributed by atoms with Gasteiger partial charge in [-0.2, -0.15) is 10.2 Å². The fourth-order valence-electron chi connectivity index (χ4n) is 3.29. The second-order valence-corrected chi connectivity index (χ2v) is 8.17. The lowest BCUT2D eigenvalue weighted by atomic mass is 10.2. The third kappa shape index (κ3) is 5.18. The van der Waals surface area contributed by atoms with Crippen molar-refractivity contribution in [2.75, 3.05) is 5.32 Å². The topological polar surface area (TPSA) is 74.0 Å². The Morgan fingerprint density at radius 3 is 2.67 bits per heavy atom. The highest BCUT2D eigenvalue weighted by Crippen LogP contribution is 2.25. The van der Waals surface area contributed by atoms with Crippen LogP contribution in [0.1, 0.15) is 27.4 Å². The molecule has 2 heterocycles. The van der Waals surface area contributed by atoms with E-state index < -0.39 is 11.7 Å². The Hall–Kier alpha value is -3.36. The normalized spacial score (nSPS) is 10.9. The third-order valence-electron chi connectivity index (χ3n) is 5.02. The Morgan fingerprint density at radius 1 is 1.12 bits per heavy atom. The number of aromatic nitrogens is 4. The van der Waals surface area contributed by atoms with Gasteiger partial charge in [0, 0.05) is 21.8 Å². The van der Waals surface area contributed by atoms with E-state index in [1.54, 1.807) is 67.2 Å². The van der Waals surface area contributed by atoms with Crippen LogP contribution in [0.25, 0.3) is 0 Å². The van der Waals surface area contributed by atoms with Crippen LogP contribution in [-0.2, 0) is 13.3 Å². The highest BCUT2D eigenvalue weighted by molar-refractivity contribution is 6.31. The van der Waals surface area contributed by atoms with Gasteiger partial charge in [0.25, 0.3) is 5.91 Å². The SMILES string of the molecule is Cc1nn(Cc2c(F)cccc2Cl)c(C)c1NC(=O)c1ccn(COc2cccc(Cl)c2)n1. The van der Waals surface area contributed by atoms with Crippen molar-refractivity contribution in [2.45, 2.75) is 27.1 Å². The molecule has 1 N–H and O–H groups in total. The molecule has 0 aliphatic rings. The number of nitrogens with one attached hydrogen (secondary N) is 1. The van der Waals surface area contributed by atoms with Crippen LogP contribution in [0.2, 0.25) is 10.0 Å². The first-order chi connectivity index (χ1) is 15.8. The third-order valence-corrected chi connectivity index (χ3v) is 5.61. The van der Waals surface area contributed by atoms with Crippen molar-refractivity contribution in [2.24, 2.45) is 0 Å². The van der Waals surface area contributed by atoms with Crippen molar-refractivity contribution >= 4 is 34.8 Å². The standard InChI is InChI=1S/C23H20Cl2FN5O2/c1-14-22(15(2)31(28-14)12-18-19(25)7-4-8-20(18)26)27-23(32)21-9-10-30(29-21)13-33-17-6-3-5-16(24)11-17/h3-11H,12-13H2,1-2H3,(H,27,32). The molecule has 170 valence electrons. The molecule has 0 radical (unpaired) electrons. The Labute approximate surface area is 199 Å². The fourth-order valence-corrected chi connectivity index (χ4v) is 3.70. The molecule has 7 nitrogen and oxygen atoms in total. The predicted molar refractivity (Wildman–Crippen MR) is 124 cm³/mol. The van der Waals surface area contributed by atoms with E-state index in [4.69, 9.17) is 27.9 Å². The van der Waals surface area contributed by atoms with Crippen molar-refractivity contribution in [1.82, 2.24) is 19.6 Å². The Morgan fingerprint density at radius 2 is 1.91 bits per heavy atom. The summed E-state index contributed by atoms with van der Waals surface area (Å²) in [6, 6.07) is 13.1. The zero-order valence-corrected chi connectivity index (χ0v) is 19.4. The van der Waals surface area contributed by atoms with Crippen LogP contribution in [0.5, 0.6) is 5.75 Å². The van der Waals surface area contributed by atoms with Gasteiger partial charge >= 0.3 is 0 Å². The predicted octanol–water partition coefficient (Wildman–Crippen LogP) is 5.48. The molecule has 0 saturated heterocycles. The van der Waals surface area contributed by atoms with Gasteiger partial charge in [-0.15, -0.1) is 0 Å². The van der Waals surface area contributed by atoms with Gasteiger partial charge in [-0.3, -0.25) is 9.48 Å². The van der Waals surface area contributed by atoms with Crippen LogP contribution in [0.15, 0.2) is 54.7 Å². The first-order valence-corrected chi connectivity index (χ1v) is 10.8. The summed E-state index contributed by atoms with van der Waals surface area (Å²) in [5.74, 6) is -0.213. The minimum atomic E-state index is -0.411. The molecule has 2 aromatic carbocycles. The zero-order chi connectivity index (χ0) is 23.5. The van der Waals surface area contributed by atoms with Gasteiger partial charge < -0.3 is 10.1 Å². The summed E-state index contributed by atoms with van der Waals surface area (Å²) in [5.41, 5.74) is 2.35. The Bertz CT molecular complexity index is 1300. The smallest absolute Gasteiger partial charge is 0.276 e. The molecular formula is C23H20Cl2FN5O2. The monoisotopic (exact) mass is 487 g/mol. The van der Waals surface area contributed by atoms with E-state index in [0.717, 1.165) is 0 Å². The molecule has 0 fully saturated rings. The highest BCUT2D eigenvalue weighted by Gasteiger charge is 2.18. The lowest BCUT2D eigenvalue weighted by Crippen LogP contribution is -2.15. The van der Waals surface area contributed by atoms with Crippen LogP contribution in [0.4, 0.5) is 10.1 Å². The van der Waals surface area contributed by atoms with Gasteiger partial charge in [0.1, 0.15) is 11.6 Å². The van der Waals surface area contributed by atoms with Crippen LogP contribution in [0, 0.1) is 19.7 Å². The molecule has 0 spiro atoms. The number of hydrogen-bond donors (Lipinski definition) is 1. The molecular weight excluding hydrogens is 468 g/mol. The number of hydrogen-bond acceptors (Lipinski definition) is 4. The van der Waals surface area contributed by atoms with Gasteiger partial charge in [-0.05, 0) is 50.2 Å². The molecule has 10 heteroatoms. The molecule has 33 heavy (non-hydrogen) atoms. The molecule has 0 unspecified atom stereocenters. The number of halogens is 3. The second kappa shape index (κ2) is 9.64. The second-order valence-electron chi connectivity index (χ2n) is 7.33. The number of carbonyl (C=O) groups excluding carboxylic acids is 1. The minimum absolute atomic E-state index is 0.118. The molecule has 1 amide bonds. The van der Waals surface area contributed by atoms with E-state index in [1.807, 2.05) is 0 Å². The molecule has 2 aromatic heterocycles. The molecule has 0 aliphatic heterocycles. The summed E-state index contributed by atoms with van der Waals surface area (Å²) in [4.78, 5) is 12.8. The molecule has 0 saturated carbocycles. The van der Waals surface area contributed by atoms with E-state index in [1.165, 1.54) is 10.7 Å². The van der Waals surface area contributed by atoms with E-state index in [0.29, 0.717) is 38.4 Å². The zero-order valence-electron chi connectivity index (χ0n) is 17.8. The van der Waals surface area contributed by atoms with Gasteiger partial charge in [0.15, 0.2) is 12.4 Å². The maximum atomic E-state index is 14.2. The number of benzene rings is 2. The quantitative estimate of drug-likeness (QED) is 0.374. The Kier molecular flexibility index (Phi) is 6.67. The summed E-state index contributed by atoms with van der Waals surface area (Å²) >= 11 is 12.1. The average molecular weight is 488 g/mol. The molecule has 0 aliphatic carbocycles. The number of carbonyl (C=O) groups is 1. The van der Waals surface area contributed by atoms with Crippen LogP contribution >= 0.6 is 23.2 Å². The highest BCUT2D eigenvalue weighted by atomic mass is 35.5. The van der Waals surface area contributed by atoms with E-state index in [-0.39, 0.29) is 19.0 Å². The number of amides is 1. The maximum absolute atomic E-state index is 14.2. The molecule has 4 aromatic rings. The summed E-state index contributed by atoms with van der Waals surface area (Å²) < 4.78 is 22.9. The van der Waals surface area contributed by atoms with E-state index in [9.17, 15) is 9.18 Å². The summed E-state index contributed by atoms with van der Waals surface area (Å²) in [7, 11) is 0. The Balaban J connectivity index is 1.45. The first-order valence-electron chi connectivity index (χ1n) is 10.0. The number of anilines is 1. The maximum Gasteiger partial charge on any atom is 0.276 e. The summed E-state index contributed by atoms with van der Waals surface area (Å²) in [5, 5.41) is 12.4. The van der Waals surface area contributed by atoms with Crippen molar-refractivity contribution in [1.29, 1.82) is 0 Å². The van der Waals surface area contributed by atoms with Crippen molar-refractivity contribution in [3.8, 4) is 5.75 Å². The van der Waals surface area contributed by atoms with Crippen molar-refractivity contribution in [3.05, 3.63) is 93.2 Å². The number of rotatable bonds is 7. The lowest BCUT2D eigenvalue weighted by Gasteiger charge is -2.09. The van der Waals surface area contributed by atoms with E-state index >= 15 is 0 Å². The van der Waals surface area contributed by atoms with Crippen molar-refractivity contribution in [3.63, 3.8) is 0 Å². The average Bonchev–Trinajstić information content (AvgIpc) is 3.35. The minimum Gasteiger partial charge on any atom is -0.471 e. The molecule has 4 rings (SSSR count). The van der Waals surface area contributed by atoms with E-state index in [2.05, 4.69) is 15.5 Å². The summed E-state index contributed by atoms with van der Waals surface area (Å²) in [6.45, 7) is 3.82. The molecule has 0 bridgehead atoms. The fraction of sp³-hybridized carbons (Fsp3) is 0.174. The van der Waals surface area contributed by atoms with Gasteiger partial charge in [0.2, 0.25) is 0 Å². The van der Waals surface area contributed by atoms with Crippen LogP contribution in [0.3, 0.4) is 0 Å². The van der Waals surface area contributed by atoms with Gasteiger partial charge in [0.05, 0.1) is 23.6 Å². The first kappa shape index (κ1) is 22.8.